The van der Waals surface area contributed by atoms with Crippen LogP contribution in [-0.4, -0.2) is 59.7 Å². The van der Waals surface area contributed by atoms with Gasteiger partial charge in [-0.25, -0.2) is 14.8 Å². The Morgan fingerprint density at radius 3 is 2.28 bits per heavy atom. The normalized spacial score (nSPS) is 21.0. The van der Waals surface area contributed by atoms with Gasteiger partial charge >= 0.3 is 5.97 Å². The van der Waals surface area contributed by atoms with E-state index in [-0.39, 0.29) is 6.61 Å². The third-order valence-electron chi connectivity index (χ3n) is 5.65. The molecule has 1 atom stereocenters. The van der Waals surface area contributed by atoms with Crippen molar-refractivity contribution in [2.75, 3.05) is 19.7 Å². The summed E-state index contributed by atoms with van der Waals surface area (Å²) in [5, 5.41) is 0. The number of esters is 1. The molecule has 3 heterocycles. The van der Waals surface area contributed by atoms with Crippen LogP contribution in [0.1, 0.15) is 25.0 Å². The molecule has 3 aliphatic heterocycles. The minimum absolute atomic E-state index is 0.242. The molecule has 0 amide bonds. The Bertz CT molecular complexity index is 1170. The molecule has 0 saturated carbocycles. The molecular formula is C25H23N5O2. The van der Waals surface area contributed by atoms with E-state index in [1.807, 2.05) is 72.5 Å². The lowest BCUT2D eigenvalue weighted by atomic mass is 9.80. The fraction of sp³-hybridized carbons (Fsp3) is 0.240. The second kappa shape index (κ2) is 8.00. The number of carbonyl (C=O) groups excluding carboxylic acids is 1. The van der Waals surface area contributed by atoms with Crippen LogP contribution in [0.5, 0.6) is 0 Å². The van der Waals surface area contributed by atoms with Crippen LogP contribution in [0.25, 0.3) is 0 Å². The van der Waals surface area contributed by atoms with E-state index in [9.17, 15) is 4.79 Å². The molecule has 2 aromatic carbocycles. The van der Waals surface area contributed by atoms with Crippen molar-refractivity contribution in [2.24, 2.45) is 20.0 Å². The first-order chi connectivity index (χ1) is 15.6. The number of aliphatic imine (C=N–C) groups is 4. The first kappa shape index (κ1) is 20.1. The van der Waals surface area contributed by atoms with Gasteiger partial charge in [-0.15, -0.1) is 0 Å². The molecule has 7 nitrogen and oxygen atoms in total. The summed E-state index contributed by atoms with van der Waals surface area (Å²) in [6.07, 6.45) is 1.77. The van der Waals surface area contributed by atoms with Gasteiger partial charge in [0.05, 0.1) is 36.6 Å². The summed E-state index contributed by atoms with van der Waals surface area (Å²) in [4.78, 5) is 34.1. The summed E-state index contributed by atoms with van der Waals surface area (Å²) < 4.78 is 5.52. The van der Waals surface area contributed by atoms with Gasteiger partial charge in [-0.2, -0.15) is 0 Å². The number of amidine groups is 1. The number of carbonyl (C=O) groups is 1. The summed E-state index contributed by atoms with van der Waals surface area (Å²) in [5.74, 6) is -0.0954. The van der Waals surface area contributed by atoms with Gasteiger partial charge in [0.2, 0.25) is 0 Å². The molecule has 0 aromatic heterocycles. The Hall–Kier alpha value is -3.87. The molecule has 0 spiro atoms. The third-order valence-corrected chi connectivity index (χ3v) is 5.65. The molecule has 0 radical (unpaired) electrons. The Morgan fingerprint density at radius 1 is 1.06 bits per heavy atom. The standard InChI is InChI=1S/C25H23N5O2/c1-3-32-24(31)25(22-21(30-15-14-26-16-30)17(2)27-23(25)28-22)29-20(18-10-6-4-7-11-18)19-12-8-5-9-13-19/h4-13,16H,3,14-15H2,1-2H3. The molecule has 7 heteroatoms. The van der Waals surface area contributed by atoms with Gasteiger partial charge in [0.1, 0.15) is 5.71 Å². The van der Waals surface area contributed by atoms with Crippen molar-refractivity contribution in [1.29, 1.82) is 0 Å². The minimum Gasteiger partial charge on any atom is -0.464 e. The zero-order valence-electron chi connectivity index (χ0n) is 18.0. The van der Waals surface area contributed by atoms with Crippen molar-refractivity contribution in [1.82, 2.24) is 4.90 Å². The molecule has 2 bridgehead atoms. The summed E-state index contributed by atoms with van der Waals surface area (Å²) in [7, 11) is 0. The number of fused-ring (bicyclic) bond motifs is 2. The van der Waals surface area contributed by atoms with E-state index in [0.29, 0.717) is 30.3 Å². The van der Waals surface area contributed by atoms with Crippen LogP contribution < -0.4 is 0 Å². The largest absolute Gasteiger partial charge is 0.464 e. The highest BCUT2D eigenvalue weighted by Gasteiger charge is 2.61. The highest BCUT2D eigenvalue weighted by atomic mass is 16.5. The van der Waals surface area contributed by atoms with Crippen molar-refractivity contribution in [3.63, 3.8) is 0 Å². The first-order valence-electron chi connectivity index (χ1n) is 10.7. The Labute approximate surface area is 186 Å². The average Bonchev–Trinajstić information content (AvgIpc) is 3.35. The first-order valence-corrected chi connectivity index (χ1v) is 10.7. The van der Waals surface area contributed by atoms with Crippen molar-refractivity contribution >= 4 is 29.6 Å². The second-order valence-electron chi connectivity index (χ2n) is 7.67. The van der Waals surface area contributed by atoms with Crippen LogP contribution in [0.2, 0.25) is 0 Å². The maximum Gasteiger partial charge on any atom is 0.348 e. The van der Waals surface area contributed by atoms with E-state index in [1.165, 1.54) is 0 Å². The third kappa shape index (κ3) is 3.09. The van der Waals surface area contributed by atoms with E-state index in [0.717, 1.165) is 22.5 Å². The monoisotopic (exact) mass is 425 g/mol. The predicted octanol–water partition coefficient (Wildman–Crippen LogP) is 3.27. The van der Waals surface area contributed by atoms with Gasteiger partial charge in [-0.05, 0) is 13.8 Å². The van der Waals surface area contributed by atoms with Crippen molar-refractivity contribution in [3.8, 4) is 0 Å². The van der Waals surface area contributed by atoms with Gasteiger partial charge in [-0.3, -0.25) is 9.98 Å². The topological polar surface area (TPSA) is 79.0 Å². The number of hydrogen-bond acceptors (Lipinski definition) is 7. The summed E-state index contributed by atoms with van der Waals surface area (Å²) >= 11 is 0. The second-order valence-corrected chi connectivity index (χ2v) is 7.67. The fourth-order valence-electron chi connectivity index (χ4n) is 4.15. The van der Waals surface area contributed by atoms with Gasteiger partial charge in [0.15, 0.2) is 5.84 Å². The molecule has 0 saturated heterocycles. The van der Waals surface area contributed by atoms with E-state index >= 15 is 0 Å². The maximum atomic E-state index is 13.5. The summed E-state index contributed by atoms with van der Waals surface area (Å²) in [6, 6.07) is 19.7. The van der Waals surface area contributed by atoms with E-state index in [4.69, 9.17) is 9.73 Å². The van der Waals surface area contributed by atoms with Gasteiger partial charge in [0, 0.05) is 17.7 Å². The van der Waals surface area contributed by atoms with Crippen LogP contribution in [0.15, 0.2) is 92.0 Å². The summed E-state index contributed by atoms with van der Waals surface area (Å²) in [5.41, 5.74) is 3.23. The van der Waals surface area contributed by atoms with Crippen LogP contribution >= 0.6 is 0 Å². The van der Waals surface area contributed by atoms with Crippen LogP contribution in [-0.2, 0) is 9.53 Å². The molecule has 0 N–H and O–H groups in total. The Balaban J connectivity index is 1.71. The predicted molar refractivity (Wildman–Crippen MR) is 126 cm³/mol. The number of rotatable bonds is 6. The van der Waals surface area contributed by atoms with E-state index in [2.05, 4.69) is 15.0 Å². The van der Waals surface area contributed by atoms with Crippen LogP contribution in [0.4, 0.5) is 0 Å². The van der Waals surface area contributed by atoms with Gasteiger partial charge in [0.25, 0.3) is 5.54 Å². The number of hydrogen-bond donors (Lipinski definition) is 0. The van der Waals surface area contributed by atoms with E-state index in [1.54, 1.807) is 13.3 Å². The molecule has 1 unspecified atom stereocenters. The lowest BCUT2D eigenvalue weighted by Gasteiger charge is -2.42. The number of nitrogens with zero attached hydrogens (tertiary/aromatic N) is 5. The van der Waals surface area contributed by atoms with Crippen molar-refractivity contribution < 1.29 is 9.53 Å². The SMILES string of the molecule is CCOC(=O)C1(N=C(c2ccccc2)c2ccccc2)c2nc(C)c(N3C=NCC3)c1n2. The van der Waals surface area contributed by atoms with Gasteiger partial charge in [-0.1, -0.05) is 60.7 Å². The van der Waals surface area contributed by atoms with Gasteiger partial charge < -0.3 is 9.64 Å². The smallest absolute Gasteiger partial charge is 0.348 e. The highest BCUT2D eigenvalue weighted by Crippen LogP contribution is 2.40. The number of benzene rings is 2. The van der Waals surface area contributed by atoms with E-state index < -0.39 is 11.5 Å². The lowest BCUT2D eigenvalue weighted by Crippen LogP contribution is -2.63. The summed E-state index contributed by atoms with van der Waals surface area (Å²) in [6.45, 7) is 5.35. The van der Waals surface area contributed by atoms with Crippen LogP contribution in [0, 0.1) is 0 Å². The molecule has 32 heavy (non-hydrogen) atoms. The number of ether oxygens (including phenoxy) is 1. The van der Waals surface area contributed by atoms with Crippen LogP contribution in [0.3, 0.4) is 0 Å². The quantitative estimate of drug-likeness (QED) is 0.526. The molecule has 2 aromatic rings. The zero-order valence-corrected chi connectivity index (χ0v) is 18.0. The molecule has 3 aliphatic rings. The fourth-order valence-corrected chi connectivity index (χ4v) is 4.15. The molecular weight excluding hydrogens is 402 g/mol. The number of allylic oxidation sites excluding steroid dienone is 1. The molecule has 0 aliphatic carbocycles. The molecule has 5 rings (SSSR count). The maximum absolute atomic E-state index is 13.5. The lowest BCUT2D eigenvalue weighted by molar-refractivity contribution is -0.144. The zero-order chi connectivity index (χ0) is 22.1. The highest BCUT2D eigenvalue weighted by molar-refractivity contribution is 6.46. The molecule has 0 fully saturated rings. The van der Waals surface area contributed by atoms with Crippen molar-refractivity contribution in [3.05, 3.63) is 83.2 Å². The van der Waals surface area contributed by atoms with Crippen molar-refractivity contribution in [2.45, 2.75) is 19.4 Å². The Kier molecular flexibility index (Phi) is 5.01. The molecule has 160 valence electrons. The minimum atomic E-state index is -1.40. The average molecular weight is 425 g/mol. The Morgan fingerprint density at radius 2 is 1.72 bits per heavy atom.